The second-order valence-corrected chi connectivity index (χ2v) is 8.70. The predicted molar refractivity (Wildman–Crippen MR) is 103 cm³/mol. The van der Waals surface area contributed by atoms with Crippen molar-refractivity contribution >= 4 is 15.9 Å². The van der Waals surface area contributed by atoms with Crippen LogP contribution >= 0.6 is 0 Å². The zero-order chi connectivity index (χ0) is 19.8. The Morgan fingerprint density at radius 2 is 1.70 bits per heavy atom. The van der Waals surface area contributed by atoms with Gasteiger partial charge in [-0.05, 0) is 39.3 Å². The van der Waals surface area contributed by atoms with Crippen molar-refractivity contribution in [1.29, 1.82) is 0 Å². The molecule has 1 saturated heterocycles. The van der Waals surface area contributed by atoms with E-state index in [1.165, 1.54) is 4.31 Å². The zero-order valence-corrected chi connectivity index (χ0v) is 17.1. The second kappa shape index (κ2) is 7.44. The highest BCUT2D eigenvalue weighted by molar-refractivity contribution is 7.89. The van der Waals surface area contributed by atoms with Crippen molar-refractivity contribution in [2.24, 2.45) is 0 Å². The van der Waals surface area contributed by atoms with Crippen molar-refractivity contribution in [1.82, 2.24) is 19.0 Å². The molecule has 1 aliphatic rings. The highest BCUT2D eigenvalue weighted by Crippen LogP contribution is 2.25. The number of nitrogens with zero attached hydrogens (tertiary/aromatic N) is 4. The number of sulfonamides is 1. The van der Waals surface area contributed by atoms with Crippen LogP contribution in [0.2, 0.25) is 0 Å². The van der Waals surface area contributed by atoms with Crippen molar-refractivity contribution in [3.63, 3.8) is 0 Å². The van der Waals surface area contributed by atoms with Crippen molar-refractivity contribution in [2.45, 2.75) is 39.1 Å². The molecule has 0 atom stereocenters. The van der Waals surface area contributed by atoms with E-state index in [-0.39, 0.29) is 19.0 Å². The van der Waals surface area contributed by atoms with E-state index < -0.39 is 10.0 Å². The third kappa shape index (κ3) is 3.51. The van der Waals surface area contributed by atoms with Crippen LogP contribution in [0.3, 0.4) is 0 Å². The lowest BCUT2D eigenvalue weighted by Gasteiger charge is -2.34. The molecule has 7 nitrogen and oxygen atoms in total. The molecule has 27 heavy (non-hydrogen) atoms. The van der Waals surface area contributed by atoms with Crippen LogP contribution in [0, 0.1) is 20.8 Å². The van der Waals surface area contributed by atoms with Gasteiger partial charge in [0, 0.05) is 38.3 Å². The first kappa shape index (κ1) is 19.6. The van der Waals surface area contributed by atoms with Crippen molar-refractivity contribution in [2.75, 3.05) is 26.2 Å². The molecule has 0 bridgehead atoms. The van der Waals surface area contributed by atoms with Crippen LogP contribution in [-0.2, 0) is 16.6 Å². The number of carbonyl (C=O) groups is 1. The van der Waals surface area contributed by atoms with Crippen LogP contribution in [0.5, 0.6) is 0 Å². The molecule has 0 saturated carbocycles. The van der Waals surface area contributed by atoms with Gasteiger partial charge in [-0.1, -0.05) is 18.2 Å². The van der Waals surface area contributed by atoms with Gasteiger partial charge in [0.15, 0.2) is 0 Å². The lowest BCUT2D eigenvalue weighted by molar-refractivity contribution is 0.0697. The summed E-state index contributed by atoms with van der Waals surface area (Å²) in [4.78, 5) is 14.8. The molecule has 1 fully saturated rings. The summed E-state index contributed by atoms with van der Waals surface area (Å²) in [7, 11) is -3.62. The summed E-state index contributed by atoms with van der Waals surface area (Å²) in [6.07, 6.45) is 0. The average Bonchev–Trinajstić information content (AvgIpc) is 2.95. The van der Waals surface area contributed by atoms with Gasteiger partial charge in [-0.3, -0.25) is 9.48 Å². The molecular weight excluding hydrogens is 364 g/mol. The van der Waals surface area contributed by atoms with E-state index in [1.807, 2.05) is 38.1 Å². The largest absolute Gasteiger partial charge is 0.336 e. The summed E-state index contributed by atoms with van der Waals surface area (Å²) in [5.74, 6) is -0.0451. The Morgan fingerprint density at radius 3 is 2.26 bits per heavy atom. The first-order chi connectivity index (χ1) is 12.8. The van der Waals surface area contributed by atoms with E-state index in [0.717, 1.165) is 5.56 Å². The first-order valence-corrected chi connectivity index (χ1v) is 10.6. The Hall–Kier alpha value is -2.19. The number of carbonyl (C=O) groups excluding carboxylic acids is 1. The fourth-order valence-electron chi connectivity index (χ4n) is 3.61. The van der Waals surface area contributed by atoms with Gasteiger partial charge in [-0.15, -0.1) is 0 Å². The monoisotopic (exact) mass is 390 g/mol. The number of hydrogen-bond donors (Lipinski definition) is 0. The fourth-order valence-corrected chi connectivity index (χ4v) is 5.40. The van der Waals surface area contributed by atoms with E-state index in [0.29, 0.717) is 41.5 Å². The Kier molecular flexibility index (Phi) is 5.39. The van der Waals surface area contributed by atoms with Gasteiger partial charge >= 0.3 is 0 Å². The highest BCUT2D eigenvalue weighted by atomic mass is 32.2. The van der Waals surface area contributed by atoms with Gasteiger partial charge in [0.2, 0.25) is 10.0 Å². The lowest BCUT2D eigenvalue weighted by Crippen LogP contribution is -2.50. The summed E-state index contributed by atoms with van der Waals surface area (Å²) in [5.41, 5.74) is 2.78. The van der Waals surface area contributed by atoms with Gasteiger partial charge < -0.3 is 4.90 Å². The Bertz CT molecular complexity index is 957. The number of benzene rings is 1. The van der Waals surface area contributed by atoms with Crippen molar-refractivity contribution in [3.8, 4) is 0 Å². The zero-order valence-electron chi connectivity index (χ0n) is 16.3. The van der Waals surface area contributed by atoms with Gasteiger partial charge in [-0.2, -0.15) is 9.40 Å². The quantitative estimate of drug-likeness (QED) is 0.800. The molecular formula is C19H26N4O3S. The van der Waals surface area contributed by atoms with E-state index in [9.17, 15) is 13.2 Å². The first-order valence-electron chi connectivity index (χ1n) is 9.16. The molecule has 1 aliphatic heterocycles. The van der Waals surface area contributed by atoms with Crippen LogP contribution in [0.15, 0.2) is 29.2 Å². The Labute approximate surface area is 160 Å². The predicted octanol–water partition coefficient (Wildman–Crippen LogP) is 1.97. The molecule has 0 N–H and O–H groups in total. The summed E-state index contributed by atoms with van der Waals surface area (Å²) in [6.45, 7) is 9.32. The van der Waals surface area contributed by atoms with Gasteiger partial charge in [0.1, 0.15) is 4.90 Å². The van der Waals surface area contributed by atoms with E-state index in [4.69, 9.17) is 0 Å². The highest BCUT2D eigenvalue weighted by Gasteiger charge is 2.34. The number of aryl methyl sites for hydroxylation is 3. The molecule has 2 heterocycles. The maximum atomic E-state index is 13.1. The molecule has 2 aromatic rings. The molecule has 0 aliphatic carbocycles. The number of aromatic nitrogens is 2. The topological polar surface area (TPSA) is 75.5 Å². The molecule has 1 aromatic heterocycles. The van der Waals surface area contributed by atoms with Gasteiger partial charge in [0.25, 0.3) is 5.91 Å². The average molecular weight is 391 g/mol. The molecule has 0 spiro atoms. The Balaban J connectivity index is 1.77. The van der Waals surface area contributed by atoms with Crippen LogP contribution in [0.1, 0.15) is 34.2 Å². The second-order valence-electron chi connectivity index (χ2n) is 6.83. The van der Waals surface area contributed by atoms with Crippen LogP contribution in [0.25, 0.3) is 0 Å². The Morgan fingerprint density at radius 1 is 1.07 bits per heavy atom. The van der Waals surface area contributed by atoms with E-state index in [2.05, 4.69) is 5.10 Å². The summed E-state index contributed by atoms with van der Waals surface area (Å²) >= 11 is 0. The number of amides is 1. The summed E-state index contributed by atoms with van der Waals surface area (Å²) in [5, 5.41) is 4.33. The normalized spacial score (nSPS) is 15.9. The summed E-state index contributed by atoms with van der Waals surface area (Å²) in [6, 6.07) is 7.47. The molecule has 1 amide bonds. The standard InChI is InChI=1S/C19H26N4O3S/c1-5-23-16(4)18(15(3)20-23)27(25,26)22-12-10-21(11-13-22)19(24)17-9-7-6-8-14(17)2/h6-9H,5,10-13H2,1-4H3. The maximum absolute atomic E-state index is 13.1. The van der Waals surface area contributed by atoms with Crippen molar-refractivity contribution < 1.29 is 13.2 Å². The number of hydrogen-bond acceptors (Lipinski definition) is 4. The molecule has 1 aromatic carbocycles. The van der Waals surface area contributed by atoms with Crippen LogP contribution in [0.4, 0.5) is 0 Å². The van der Waals surface area contributed by atoms with E-state index in [1.54, 1.807) is 23.4 Å². The minimum absolute atomic E-state index is 0.0451. The summed E-state index contributed by atoms with van der Waals surface area (Å²) < 4.78 is 29.4. The third-order valence-electron chi connectivity index (χ3n) is 5.11. The molecule has 8 heteroatoms. The molecule has 146 valence electrons. The SMILES string of the molecule is CCn1nc(C)c(S(=O)(=O)N2CCN(C(=O)c3ccccc3C)CC2)c1C. The van der Waals surface area contributed by atoms with Gasteiger partial charge in [-0.25, -0.2) is 8.42 Å². The lowest BCUT2D eigenvalue weighted by atomic mass is 10.1. The third-order valence-corrected chi connectivity index (χ3v) is 7.27. The number of piperazine rings is 1. The minimum Gasteiger partial charge on any atom is -0.336 e. The number of rotatable bonds is 4. The minimum atomic E-state index is -3.62. The fraction of sp³-hybridized carbons (Fsp3) is 0.474. The van der Waals surface area contributed by atoms with Crippen LogP contribution in [-0.4, -0.2) is 59.5 Å². The van der Waals surface area contributed by atoms with Gasteiger partial charge in [0.05, 0.1) is 11.4 Å². The maximum Gasteiger partial charge on any atom is 0.254 e. The van der Waals surface area contributed by atoms with Crippen molar-refractivity contribution in [3.05, 3.63) is 46.8 Å². The molecule has 0 unspecified atom stereocenters. The van der Waals surface area contributed by atoms with Crippen LogP contribution < -0.4 is 0 Å². The molecule has 0 radical (unpaired) electrons. The molecule has 3 rings (SSSR count). The smallest absolute Gasteiger partial charge is 0.254 e. The van der Waals surface area contributed by atoms with E-state index >= 15 is 0 Å².